The molecule has 2 heterocycles. The topological polar surface area (TPSA) is 91.1 Å². The number of pyridine rings is 1. The molecular formula is C15H13N3O3. The molecule has 2 aromatic heterocycles. The van der Waals surface area contributed by atoms with Crippen LogP contribution in [0.2, 0.25) is 0 Å². The number of H-pyrrole nitrogens is 1. The average molecular weight is 283 g/mol. The highest BCUT2D eigenvalue weighted by Crippen LogP contribution is 2.24. The first kappa shape index (κ1) is 13.0. The Labute approximate surface area is 120 Å². The van der Waals surface area contributed by atoms with Crippen molar-refractivity contribution in [2.24, 2.45) is 0 Å². The summed E-state index contributed by atoms with van der Waals surface area (Å²) in [5.74, 6) is 0.669. The van der Waals surface area contributed by atoms with Crippen molar-refractivity contribution in [2.75, 3.05) is 5.32 Å². The Hall–Kier alpha value is -3.02. The van der Waals surface area contributed by atoms with Crippen LogP contribution in [0.3, 0.4) is 0 Å². The van der Waals surface area contributed by atoms with Crippen molar-refractivity contribution in [3.8, 4) is 17.1 Å². The van der Waals surface area contributed by atoms with Crippen LogP contribution in [-0.4, -0.2) is 15.1 Å². The van der Waals surface area contributed by atoms with Crippen molar-refractivity contribution < 1.29 is 9.52 Å². The van der Waals surface area contributed by atoms with Gasteiger partial charge in [-0.1, -0.05) is 29.8 Å². The van der Waals surface area contributed by atoms with Crippen LogP contribution >= 0.6 is 0 Å². The van der Waals surface area contributed by atoms with Crippen LogP contribution in [0.4, 0.5) is 11.8 Å². The average Bonchev–Trinajstić information content (AvgIpc) is 2.92. The second kappa shape index (κ2) is 5.16. The molecular weight excluding hydrogens is 270 g/mol. The van der Waals surface area contributed by atoms with Crippen LogP contribution in [0.5, 0.6) is 5.75 Å². The molecule has 1 aromatic carbocycles. The standard InChI is InChI=1S/C15H13N3O3/c1-9-2-4-10(5-3-9)13-8-17-15(21-13)18-14-6-11(19)12(20)7-16-14/h2-8,20H,1H3,(H2,16,17,18,19). The van der Waals surface area contributed by atoms with Gasteiger partial charge in [0.05, 0.1) is 6.20 Å². The summed E-state index contributed by atoms with van der Waals surface area (Å²) in [6.07, 6.45) is 2.81. The summed E-state index contributed by atoms with van der Waals surface area (Å²) < 4.78 is 5.58. The first-order chi connectivity index (χ1) is 10.1. The summed E-state index contributed by atoms with van der Waals surface area (Å²) in [5.41, 5.74) is 1.60. The second-order valence-electron chi connectivity index (χ2n) is 4.62. The predicted octanol–water partition coefficient (Wildman–Crippen LogP) is 2.79. The minimum Gasteiger partial charge on any atom is -0.503 e. The molecule has 0 amide bonds. The number of aromatic amines is 1. The van der Waals surface area contributed by atoms with Crippen LogP contribution in [0.1, 0.15) is 5.56 Å². The number of aromatic nitrogens is 2. The van der Waals surface area contributed by atoms with Gasteiger partial charge in [-0.2, -0.15) is 0 Å². The van der Waals surface area contributed by atoms with Crippen LogP contribution < -0.4 is 10.7 Å². The maximum Gasteiger partial charge on any atom is 0.300 e. The first-order valence-electron chi connectivity index (χ1n) is 6.33. The number of hydrogen-bond donors (Lipinski definition) is 3. The highest BCUT2D eigenvalue weighted by Gasteiger charge is 2.07. The van der Waals surface area contributed by atoms with Crippen LogP contribution in [0, 0.1) is 6.92 Å². The molecule has 3 aromatic rings. The SMILES string of the molecule is Cc1ccc(-c2cnc(Nc3cc(=O)c(O)c[nH]3)o2)cc1. The van der Waals surface area contributed by atoms with Crippen molar-refractivity contribution in [3.05, 3.63) is 58.5 Å². The largest absolute Gasteiger partial charge is 0.503 e. The van der Waals surface area contributed by atoms with Crippen molar-refractivity contribution in [1.29, 1.82) is 0 Å². The smallest absolute Gasteiger partial charge is 0.300 e. The summed E-state index contributed by atoms with van der Waals surface area (Å²) in [7, 11) is 0. The molecule has 0 radical (unpaired) electrons. The third-order valence-corrected chi connectivity index (χ3v) is 2.98. The van der Waals surface area contributed by atoms with Gasteiger partial charge in [-0.15, -0.1) is 0 Å². The molecule has 0 atom stereocenters. The Morgan fingerprint density at radius 1 is 1.29 bits per heavy atom. The van der Waals surface area contributed by atoms with E-state index in [1.54, 1.807) is 6.20 Å². The molecule has 0 aliphatic rings. The van der Waals surface area contributed by atoms with Crippen LogP contribution in [0.15, 0.2) is 51.9 Å². The van der Waals surface area contributed by atoms with E-state index < -0.39 is 5.43 Å². The molecule has 3 rings (SSSR count). The van der Waals surface area contributed by atoms with E-state index in [0.29, 0.717) is 11.6 Å². The molecule has 106 valence electrons. The van der Waals surface area contributed by atoms with Crippen molar-refractivity contribution in [2.45, 2.75) is 6.92 Å². The van der Waals surface area contributed by atoms with Gasteiger partial charge in [-0.3, -0.25) is 10.1 Å². The van der Waals surface area contributed by atoms with E-state index in [1.165, 1.54) is 17.8 Å². The molecule has 21 heavy (non-hydrogen) atoms. The zero-order valence-electron chi connectivity index (χ0n) is 11.3. The van der Waals surface area contributed by atoms with Crippen LogP contribution in [-0.2, 0) is 0 Å². The Balaban J connectivity index is 1.83. The van der Waals surface area contributed by atoms with Gasteiger partial charge in [-0.25, -0.2) is 4.98 Å². The van der Waals surface area contributed by atoms with Gasteiger partial charge < -0.3 is 14.5 Å². The van der Waals surface area contributed by atoms with Gasteiger partial charge in [0.15, 0.2) is 11.5 Å². The van der Waals surface area contributed by atoms with Gasteiger partial charge >= 0.3 is 6.01 Å². The number of hydrogen-bond acceptors (Lipinski definition) is 5. The number of oxazole rings is 1. The van der Waals surface area contributed by atoms with Crippen molar-refractivity contribution in [1.82, 2.24) is 9.97 Å². The molecule has 0 bridgehead atoms. The number of nitrogens with zero attached hydrogens (tertiary/aromatic N) is 1. The van der Waals surface area contributed by atoms with Gasteiger partial charge in [-0.05, 0) is 6.92 Å². The quantitative estimate of drug-likeness (QED) is 0.687. The lowest BCUT2D eigenvalue weighted by molar-refractivity contribution is 0.467. The number of rotatable bonds is 3. The summed E-state index contributed by atoms with van der Waals surface area (Å²) in [5, 5.41) is 12.0. The van der Waals surface area contributed by atoms with Gasteiger partial charge in [0.1, 0.15) is 5.82 Å². The fourth-order valence-electron chi connectivity index (χ4n) is 1.83. The van der Waals surface area contributed by atoms with Crippen molar-refractivity contribution in [3.63, 3.8) is 0 Å². The molecule has 0 spiro atoms. The molecule has 0 aliphatic heterocycles. The number of benzene rings is 1. The Bertz CT molecular complexity index is 819. The summed E-state index contributed by atoms with van der Waals surface area (Å²) in [6, 6.07) is 9.35. The van der Waals surface area contributed by atoms with E-state index >= 15 is 0 Å². The monoisotopic (exact) mass is 283 g/mol. The number of aryl methyl sites for hydroxylation is 1. The molecule has 6 nitrogen and oxygen atoms in total. The highest BCUT2D eigenvalue weighted by molar-refractivity contribution is 5.59. The number of anilines is 2. The fourth-order valence-corrected chi connectivity index (χ4v) is 1.83. The molecule has 0 fully saturated rings. The maximum absolute atomic E-state index is 11.3. The minimum atomic E-state index is -0.485. The summed E-state index contributed by atoms with van der Waals surface area (Å²) in [4.78, 5) is 18.1. The van der Waals surface area contributed by atoms with Crippen molar-refractivity contribution >= 4 is 11.8 Å². The lowest BCUT2D eigenvalue weighted by Crippen LogP contribution is -2.02. The summed E-state index contributed by atoms with van der Waals surface area (Å²) in [6.45, 7) is 2.01. The highest BCUT2D eigenvalue weighted by atomic mass is 16.4. The first-order valence-corrected chi connectivity index (χ1v) is 6.33. The van der Waals surface area contributed by atoms with Gasteiger partial charge in [0.2, 0.25) is 5.43 Å². The third-order valence-electron chi connectivity index (χ3n) is 2.98. The van der Waals surface area contributed by atoms with Crippen LogP contribution in [0.25, 0.3) is 11.3 Å². The molecule has 0 aliphatic carbocycles. The Kier molecular flexibility index (Phi) is 3.19. The maximum atomic E-state index is 11.3. The molecule has 0 unspecified atom stereocenters. The lowest BCUT2D eigenvalue weighted by atomic mass is 10.1. The fraction of sp³-hybridized carbons (Fsp3) is 0.0667. The number of aromatic hydroxyl groups is 1. The molecule has 3 N–H and O–H groups in total. The molecule has 0 saturated heterocycles. The second-order valence-corrected chi connectivity index (χ2v) is 4.62. The van der Waals surface area contributed by atoms with E-state index in [0.717, 1.165) is 5.56 Å². The molecule has 6 heteroatoms. The lowest BCUT2D eigenvalue weighted by Gasteiger charge is -2.01. The minimum absolute atomic E-state index is 0.256. The Morgan fingerprint density at radius 3 is 2.76 bits per heavy atom. The predicted molar refractivity (Wildman–Crippen MR) is 78.7 cm³/mol. The van der Waals surface area contributed by atoms with E-state index in [2.05, 4.69) is 15.3 Å². The number of nitrogens with one attached hydrogen (secondary N) is 2. The zero-order chi connectivity index (χ0) is 14.8. The van der Waals surface area contributed by atoms with Gasteiger partial charge in [0.25, 0.3) is 0 Å². The Morgan fingerprint density at radius 2 is 2.05 bits per heavy atom. The van der Waals surface area contributed by atoms with E-state index in [-0.39, 0.29) is 11.8 Å². The molecule has 0 saturated carbocycles. The van der Waals surface area contributed by atoms with E-state index in [1.807, 2.05) is 31.2 Å². The van der Waals surface area contributed by atoms with E-state index in [9.17, 15) is 9.90 Å². The third kappa shape index (κ3) is 2.79. The zero-order valence-corrected chi connectivity index (χ0v) is 11.3. The summed E-state index contributed by atoms with van der Waals surface area (Å²) >= 11 is 0. The van der Waals surface area contributed by atoms with E-state index in [4.69, 9.17) is 4.42 Å². The normalized spacial score (nSPS) is 10.5. The van der Waals surface area contributed by atoms with Gasteiger partial charge in [0, 0.05) is 17.8 Å².